The standard InChI is InChI=1S/C23H23N5O3/c1-30-16-6-8-18(9-7-16)31-17-4-2-14(3-5-17)20-21(22(24)29)28-23(27-20)19(13-26-28)15-10-11-25-12-15/h2-9,13,15,25,27H,10-12H2,1H3,(H2,24,29). The summed E-state index contributed by atoms with van der Waals surface area (Å²) in [5, 5.41) is 7.81. The monoisotopic (exact) mass is 417 g/mol. The molecule has 1 saturated heterocycles. The largest absolute Gasteiger partial charge is 0.497 e. The molecule has 1 amide bonds. The van der Waals surface area contributed by atoms with Crippen LogP contribution in [0.1, 0.15) is 28.4 Å². The summed E-state index contributed by atoms with van der Waals surface area (Å²) >= 11 is 0. The van der Waals surface area contributed by atoms with Gasteiger partial charge in [0.2, 0.25) is 0 Å². The lowest BCUT2D eigenvalue weighted by Gasteiger charge is -2.08. The van der Waals surface area contributed by atoms with Gasteiger partial charge in [0.05, 0.1) is 19.0 Å². The second kappa shape index (κ2) is 7.81. The third kappa shape index (κ3) is 3.51. The highest BCUT2D eigenvalue weighted by Crippen LogP contribution is 2.32. The number of fused-ring (bicyclic) bond motifs is 1. The molecule has 2 aromatic carbocycles. The average molecular weight is 417 g/mol. The van der Waals surface area contributed by atoms with Gasteiger partial charge in [-0.05, 0) is 61.5 Å². The number of imidazole rings is 1. The number of hydrogen-bond donors (Lipinski definition) is 3. The molecule has 31 heavy (non-hydrogen) atoms. The number of primary amides is 1. The number of amides is 1. The Morgan fingerprint density at radius 3 is 2.39 bits per heavy atom. The maximum absolute atomic E-state index is 12.3. The van der Waals surface area contributed by atoms with Gasteiger partial charge >= 0.3 is 0 Å². The highest BCUT2D eigenvalue weighted by atomic mass is 16.5. The molecular formula is C23H23N5O3. The van der Waals surface area contributed by atoms with Crippen molar-refractivity contribution in [2.45, 2.75) is 12.3 Å². The summed E-state index contributed by atoms with van der Waals surface area (Å²) in [6, 6.07) is 14.9. The molecule has 1 aliphatic rings. The Morgan fingerprint density at radius 1 is 1.10 bits per heavy atom. The second-order valence-corrected chi connectivity index (χ2v) is 7.56. The zero-order valence-corrected chi connectivity index (χ0v) is 17.1. The number of aromatic nitrogens is 3. The van der Waals surface area contributed by atoms with Crippen LogP contribution in [0, 0.1) is 0 Å². The van der Waals surface area contributed by atoms with E-state index >= 15 is 0 Å². The van der Waals surface area contributed by atoms with Gasteiger partial charge in [-0.15, -0.1) is 0 Å². The van der Waals surface area contributed by atoms with E-state index in [0.717, 1.165) is 42.0 Å². The molecule has 158 valence electrons. The van der Waals surface area contributed by atoms with E-state index in [4.69, 9.17) is 15.2 Å². The van der Waals surface area contributed by atoms with Crippen LogP contribution in [0.2, 0.25) is 0 Å². The van der Waals surface area contributed by atoms with Crippen LogP contribution in [0.4, 0.5) is 0 Å². The summed E-state index contributed by atoms with van der Waals surface area (Å²) in [6.07, 6.45) is 2.87. The van der Waals surface area contributed by atoms with E-state index in [1.54, 1.807) is 11.6 Å². The van der Waals surface area contributed by atoms with Gasteiger partial charge in [-0.2, -0.15) is 5.10 Å². The third-order valence-corrected chi connectivity index (χ3v) is 5.66. The highest BCUT2D eigenvalue weighted by Gasteiger charge is 2.26. The van der Waals surface area contributed by atoms with Gasteiger partial charge in [0.1, 0.15) is 22.9 Å². The van der Waals surface area contributed by atoms with Gasteiger partial charge in [-0.25, -0.2) is 4.52 Å². The maximum atomic E-state index is 12.3. The summed E-state index contributed by atoms with van der Waals surface area (Å²) in [7, 11) is 1.63. The minimum Gasteiger partial charge on any atom is -0.497 e. The molecule has 0 radical (unpaired) electrons. The van der Waals surface area contributed by atoms with Crippen LogP contribution in [0.15, 0.2) is 54.7 Å². The van der Waals surface area contributed by atoms with Gasteiger partial charge in [0.25, 0.3) is 5.91 Å². The first-order chi connectivity index (χ1) is 15.1. The number of H-pyrrole nitrogens is 1. The van der Waals surface area contributed by atoms with Crippen LogP contribution in [-0.2, 0) is 0 Å². The predicted octanol–water partition coefficient (Wildman–Crippen LogP) is 3.31. The summed E-state index contributed by atoms with van der Waals surface area (Å²) in [4.78, 5) is 15.6. The van der Waals surface area contributed by atoms with Crippen LogP contribution < -0.4 is 20.5 Å². The topological polar surface area (TPSA) is 107 Å². The molecule has 1 atom stereocenters. The lowest BCUT2D eigenvalue weighted by atomic mass is 10.0. The first-order valence-electron chi connectivity index (χ1n) is 10.2. The molecular weight excluding hydrogens is 394 g/mol. The van der Waals surface area contributed by atoms with Crippen molar-refractivity contribution in [3.05, 3.63) is 66.0 Å². The van der Waals surface area contributed by atoms with E-state index < -0.39 is 5.91 Å². The van der Waals surface area contributed by atoms with Crippen LogP contribution in [0.3, 0.4) is 0 Å². The van der Waals surface area contributed by atoms with Crippen LogP contribution in [-0.4, -0.2) is 40.7 Å². The maximum Gasteiger partial charge on any atom is 0.269 e. The number of rotatable bonds is 6. The van der Waals surface area contributed by atoms with Crippen molar-refractivity contribution in [3.63, 3.8) is 0 Å². The molecule has 0 aliphatic carbocycles. The molecule has 4 N–H and O–H groups in total. The Labute approximate surface area is 179 Å². The number of nitrogens with two attached hydrogens (primary N) is 1. The van der Waals surface area contributed by atoms with Crippen molar-refractivity contribution < 1.29 is 14.3 Å². The van der Waals surface area contributed by atoms with Gasteiger partial charge < -0.3 is 25.5 Å². The molecule has 2 aromatic heterocycles. The van der Waals surface area contributed by atoms with E-state index in [1.807, 2.05) is 54.7 Å². The first kappa shape index (κ1) is 19.2. The fourth-order valence-electron chi connectivity index (χ4n) is 4.06. The van der Waals surface area contributed by atoms with E-state index in [-0.39, 0.29) is 0 Å². The van der Waals surface area contributed by atoms with E-state index in [2.05, 4.69) is 15.4 Å². The normalized spacial score (nSPS) is 16.0. The molecule has 1 aliphatic heterocycles. The van der Waals surface area contributed by atoms with Crippen molar-refractivity contribution >= 4 is 11.6 Å². The lowest BCUT2D eigenvalue weighted by Crippen LogP contribution is -2.15. The molecule has 8 heteroatoms. The molecule has 5 rings (SSSR count). The number of ether oxygens (including phenoxy) is 2. The highest BCUT2D eigenvalue weighted by molar-refractivity contribution is 5.98. The SMILES string of the molecule is COc1ccc(Oc2ccc(-c3[nH]c4c(C5CCNC5)cnn4c3C(N)=O)cc2)cc1. The lowest BCUT2D eigenvalue weighted by molar-refractivity contribution is 0.0994. The number of nitrogens with zero attached hydrogens (tertiary/aromatic N) is 2. The number of methoxy groups -OCH3 is 1. The zero-order chi connectivity index (χ0) is 21.4. The van der Waals surface area contributed by atoms with Gasteiger partial charge in [0.15, 0.2) is 5.69 Å². The van der Waals surface area contributed by atoms with Crippen LogP contribution in [0.25, 0.3) is 16.9 Å². The fourth-order valence-corrected chi connectivity index (χ4v) is 4.06. The Kier molecular flexibility index (Phi) is 4.83. The molecule has 1 fully saturated rings. The third-order valence-electron chi connectivity index (χ3n) is 5.66. The van der Waals surface area contributed by atoms with Crippen molar-refractivity contribution in [1.82, 2.24) is 19.9 Å². The average Bonchev–Trinajstić information content (AvgIpc) is 3.51. The van der Waals surface area contributed by atoms with E-state index in [0.29, 0.717) is 28.8 Å². The molecule has 0 saturated carbocycles. The van der Waals surface area contributed by atoms with Crippen molar-refractivity contribution in [2.24, 2.45) is 5.73 Å². The smallest absolute Gasteiger partial charge is 0.269 e. The van der Waals surface area contributed by atoms with Gasteiger partial charge in [-0.3, -0.25) is 4.79 Å². The Hall–Kier alpha value is -3.78. The minimum absolute atomic E-state index is 0.344. The van der Waals surface area contributed by atoms with Crippen molar-refractivity contribution in [2.75, 3.05) is 20.2 Å². The van der Waals surface area contributed by atoms with E-state index in [1.165, 1.54) is 0 Å². The van der Waals surface area contributed by atoms with Gasteiger partial charge in [0, 0.05) is 23.6 Å². The number of benzene rings is 2. The molecule has 3 heterocycles. The molecule has 4 aromatic rings. The first-order valence-corrected chi connectivity index (χ1v) is 10.2. The zero-order valence-electron chi connectivity index (χ0n) is 17.1. The van der Waals surface area contributed by atoms with Crippen molar-refractivity contribution in [3.8, 4) is 28.5 Å². The number of carbonyl (C=O) groups excluding carboxylic acids is 1. The van der Waals surface area contributed by atoms with E-state index in [9.17, 15) is 4.79 Å². The van der Waals surface area contributed by atoms with Crippen LogP contribution in [0.5, 0.6) is 17.2 Å². The minimum atomic E-state index is -0.529. The number of aromatic amines is 1. The van der Waals surface area contributed by atoms with Crippen molar-refractivity contribution in [1.29, 1.82) is 0 Å². The quantitative estimate of drug-likeness (QED) is 0.446. The molecule has 8 nitrogen and oxygen atoms in total. The summed E-state index contributed by atoms with van der Waals surface area (Å²) in [5.41, 5.74) is 9.45. The summed E-state index contributed by atoms with van der Waals surface area (Å²) in [5.74, 6) is 2.00. The molecule has 0 spiro atoms. The van der Waals surface area contributed by atoms with Crippen LogP contribution >= 0.6 is 0 Å². The Morgan fingerprint density at radius 2 is 1.77 bits per heavy atom. The number of hydrogen-bond acceptors (Lipinski definition) is 5. The molecule has 1 unspecified atom stereocenters. The number of carbonyl (C=O) groups is 1. The number of nitrogens with one attached hydrogen (secondary N) is 2. The van der Waals surface area contributed by atoms with Gasteiger partial charge in [-0.1, -0.05) is 0 Å². The Balaban J connectivity index is 1.46. The Bertz CT molecular complexity index is 1220. The second-order valence-electron chi connectivity index (χ2n) is 7.56. The predicted molar refractivity (Wildman–Crippen MR) is 117 cm³/mol. The summed E-state index contributed by atoms with van der Waals surface area (Å²) in [6.45, 7) is 1.88. The summed E-state index contributed by atoms with van der Waals surface area (Å²) < 4.78 is 12.7. The fraction of sp³-hybridized carbons (Fsp3) is 0.217. The molecule has 0 bridgehead atoms.